The molecule has 1 atom stereocenters. The minimum absolute atomic E-state index is 0.0491. The summed E-state index contributed by atoms with van der Waals surface area (Å²) in [4.78, 5) is 38.4. The molecule has 0 bridgehead atoms. The monoisotopic (exact) mass is 541 g/mol. The van der Waals surface area contributed by atoms with Gasteiger partial charge in [-0.3, -0.25) is 19.7 Å². The molecule has 0 N–H and O–H groups in total. The Morgan fingerprint density at radius 2 is 1.84 bits per heavy atom. The summed E-state index contributed by atoms with van der Waals surface area (Å²) in [5.74, 6) is -2.75. The molecule has 196 valence electrons. The van der Waals surface area contributed by atoms with Crippen molar-refractivity contribution in [3.63, 3.8) is 0 Å². The number of carbonyl (C=O) groups excluding carboxylic acids is 2. The smallest absolute Gasteiger partial charge is 0.416 e. The number of nitriles is 1. The molecule has 0 radical (unpaired) electrons. The number of hydrogen-bond acceptors (Lipinski definition) is 8. The van der Waals surface area contributed by atoms with Crippen LogP contribution in [0.25, 0.3) is 0 Å². The molecule has 3 rings (SSSR count). The van der Waals surface area contributed by atoms with E-state index in [4.69, 9.17) is 25.8 Å². The van der Waals surface area contributed by atoms with Crippen molar-refractivity contribution in [3.8, 4) is 17.6 Å². The predicted octanol–water partition coefficient (Wildman–Crippen LogP) is 3.81. The zero-order valence-electron chi connectivity index (χ0n) is 19.0. The lowest BCUT2D eigenvalue weighted by Gasteiger charge is -2.33. The van der Waals surface area contributed by atoms with Gasteiger partial charge in [0, 0.05) is 25.6 Å². The number of para-hydroxylation sites is 2. The van der Waals surface area contributed by atoms with Crippen LogP contribution in [0.2, 0.25) is 5.02 Å². The highest BCUT2D eigenvalue weighted by Gasteiger charge is 2.52. The highest BCUT2D eigenvalue weighted by atomic mass is 35.5. The van der Waals surface area contributed by atoms with Gasteiger partial charge >= 0.3 is 17.5 Å². The van der Waals surface area contributed by atoms with Crippen molar-refractivity contribution in [1.82, 2.24) is 4.90 Å². The van der Waals surface area contributed by atoms with Gasteiger partial charge < -0.3 is 19.1 Å². The lowest BCUT2D eigenvalue weighted by molar-refractivity contribution is -0.386. The number of morpholine rings is 1. The number of hydrogen-bond donors (Lipinski definition) is 0. The molecule has 1 saturated heterocycles. The average molecular weight is 542 g/mol. The molecule has 1 amide bonds. The molecule has 10 nitrogen and oxygen atoms in total. The second kappa shape index (κ2) is 11.4. The van der Waals surface area contributed by atoms with Crippen molar-refractivity contribution < 1.29 is 41.9 Å². The predicted molar refractivity (Wildman–Crippen MR) is 121 cm³/mol. The molecule has 0 spiro atoms. The van der Waals surface area contributed by atoms with Crippen LogP contribution in [-0.2, 0) is 20.5 Å². The average Bonchev–Trinajstić information content (AvgIpc) is 2.87. The fourth-order valence-electron chi connectivity index (χ4n) is 3.43. The van der Waals surface area contributed by atoms with Gasteiger partial charge in [-0.05, 0) is 24.3 Å². The molecule has 1 unspecified atom stereocenters. The van der Waals surface area contributed by atoms with Crippen molar-refractivity contribution in [3.05, 3.63) is 63.2 Å². The summed E-state index contributed by atoms with van der Waals surface area (Å²) in [6.45, 7) is -0.101. The van der Waals surface area contributed by atoms with E-state index in [-0.39, 0.29) is 37.1 Å². The Morgan fingerprint density at radius 1 is 1.16 bits per heavy atom. The Kier molecular flexibility index (Phi) is 8.57. The van der Waals surface area contributed by atoms with Crippen LogP contribution in [0.15, 0.2) is 42.5 Å². The topological polar surface area (TPSA) is 132 Å². The molecular formula is C23H19ClF3N3O7. The van der Waals surface area contributed by atoms with Gasteiger partial charge in [0.25, 0.3) is 5.91 Å². The second-order valence-corrected chi connectivity index (χ2v) is 8.10. The number of ether oxygens (including phenoxy) is 3. The standard InChI is InChI=1S/C23H19ClF3N3O7/c24-16-13-15(23(25,26)27)5-6-18(16)36-10-7-20(31)22(14-28,21(32)29-8-11-35-12-9-29)37-19-4-2-1-3-17(19)30(33)34/h1-6,13H,7-12H2. The number of nitro benzene ring substituents is 1. The molecule has 2 aromatic carbocycles. The Bertz CT molecular complexity index is 1230. The molecule has 1 aliphatic heterocycles. The van der Waals surface area contributed by atoms with E-state index < -0.39 is 58.4 Å². The third-order valence-electron chi connectivity index (χ3n) is 5.32. The number of amides is 1. The number of halogens is 4. The second-order valence-electron chi connectivity index (χ2n) is 7.69. The quantitative estimate of drug-likeness (QED) is 0.266. The molecule has 1 heterocycles. The summed E-state index contributed by atoms with van der Waals surface area (Å²) in [5.41, 5.74) is -4.37. The maximum absolute atomic E-state index is 13.4. The number of ketones is 1. The van der Waals surface area contributed by atoms with E-state index in [0.717, 1.165) is 24.3 Å². The van der Waals surface area contributed by atoms with Gasteiger partial charge in [-0.1, -0.05) is 23.7 Å². The van der Waals surface area contributed by atoms with Crippen LogP contribution < -0.4 is 9.47 Å². The van der Waals surface area contributed by atoms with Crippen LogP contribution in [0.3, 0.4) is 0 Å². The number of Topliss-reactive ketones (excluding diaryl/α,β-unsaturated/α-hetero) is 1. The van der Waals surface area contributed by atoms with E-state index in [2.05, 4.69) is 0 Å². The first-order valence-electron chi connectivity index (χ1n) is 10.7. The Hall–Kier alpha value is -3.89. The molecule has 14 heteroatoms. The summed E-state index contributed by atoms with van der Waals surface area (Å²) in [5, 5.41) is 21.1. The molecular weight excluding hydrogens is 523 g/mol. The van der Waals surface area contributed by atoms with Gasteiger partial charge in [-0.25, -0.2) is 0 Å². The minimum Gasteiger partial charge on any atom is -0.492 e. The van der Waals surface area contributed by atoms with Crippen LogP contribution in [-0.4, -0.2) is 60.0 Å². The van der Waals surface area contributed by atoms with Crippen LogP contribution >= 0.6 is 11.6 Å². The zero-order valence-corrected chi connectivity index (χ0v) is 19.8. The maximum Gasteiger partial charge on any atom is 0.416 e. The number of nitrogens with zero attached hydrogens (tertiary/aromatic N) is 3. The highest BCUT2D eigenvalue weighted by molar-refractivity contribution is 6.32. The number of nitro groups is 1. The first kappa shape index (κ1) is 27.7. The first-order chi connectivity index (χ1) is 17.5. The highest BCUT2D eigenvalue weighted by Crippen LogP contribution is 2.35. The van der Waals surface area contributed by atoms with Gasteiger partial charge in [-0.2, -0.15) is 18.4 Å². The van der Waals surface area contributed by atoms with Crippen molar-refractivity contribution >= 4 is 29.0 Å². The van der Waals surface area contributed by atoms with Gasteiger partial charge in [0.1, 0.15) is 11.8 Å². The normalized spacial score (nSPS) is 15.3. The van der Waals surface area contributed by atoms with E-state index >= 15 is 0 Å². The molecule has 37 heavy (non-hydrogen) atoms. The van der Waals surface area contributed by atoms with Crippen molar-refractivity contribution in [2.24, 2.45) is 0 Å². The van der Waals surface area contributed by atoms with Crippen LogP contribution in [0, 0.1) is 21.4 Å². The third-order valence-corrected chi connectivity index (χ3v) is 5.62. The van der Waals surface area contributed by atoms with Crippen LogP contribution in [0.5, 0.6) is 11.5 Å². The zero-order chi connectivity index (χ0) is 27.2. The molecule has 0 aliphatic carbocycles. The number of rotatable bonds is 9. The largest absolute Gasteiger partial charge is 0.492 e. The molecule has 2 aromatic rings. The number of carbonyl (C=O) groups is 2. The molecule has 0 aromatic heterocycles. The lowest BCUT2D eigenvalue weighted by atomic mass is 9.95. The maximum atomic E-state index is 13.4. The number of benzene rings is 2. The summed E-state index contributed by atoms with van der Waals surface area (Å²) in [6, 6.07) is 8.86. The SMILES string of the molecule is N#CC(Oc1ccccc1[N+](=O)[O-])(C(=O)CCOc1ccc(C(F)(F)F)cc1Cl)C(=O)N1CCOCC1. The Balaban J connectivity index is 1.86. The summed E-state index contributed by atoms with van der Waals surface area (Å²) < 4.78 is 54.5. The Morgan fingerprint density at radius 3 is 2.43 bits per heavy atom. The third kappa shape index (κ3) is 6.28. The fourth-order valence-corrected chi connectivity index (χ4v) is 3.66. The van der Waals surface area contributed by atoms with E-state index in [1.807, 2.05) is 0 Å². The van der Waals surface area contributed by atoms with Gasteiger partial charge in [0.2, 0.25) is 5.78 Å². The van der Waals surface area contributed by atoms with E-state index in [9.17, 15) is 38.1 Å². The summed E-state index contributed by atoms with van der Waals surface area (Å²) >= 11 is 5.85. The summed E-state index contributed by atoms with van der Waals surface area (Å²) in [7, 11) is 0. The molecule has 1 aliphatic rings. The van der Waals surface area contributed by atoms with E-state index in [0.29, 0.717) is 6.07 Å². The van der Waals surface area contributed by atoms with Crippen LogP contribution in [0.4, 0.5) is 18.9 Å². The van der Waals surface area contributed by atoms with Gasteiger partial charge in [0.05, 0.1) is 35.3 Å². The van der Waals surface area contributed by atoms with Crippen LogP contribution in [0.1, 0.15) is 12.0 Å². The number of alkyl halides is 3. The fraction of sp³-hybridized carbons (Fsp3) is 0.348. The van der Waals surface area contributed by atoms with E-state index in [1.54, 1.807) is 6.07 Å². The van der Waals surface area contributed by atoms with Crippen molar-refractivity contribution in [2.75, 3.05) is 32.9 Å². The lowest BCUT2D eigenvalue weighted by Crippen LogP contribution is -2.59. The van der Waals surface area contributed by atoms with Crippen molar-refractivity contribution in [1.29, 1.82) is 5.26 Å². The van der Waals surface area contributed by atoms with E-state index in [1.165, 1.54) is 17.0 Å². The summed E-state index contributed by atoms with van der Waals surface area (Å²) in [6.07, 6.45) is -5.23. The van der Waals surface area contributed by atoms with Crippen molar-refractivity contribution in [2.45, 2.75) is 18.2 Å². The minimum atomic E-state index is -4.62. The Labute approximate surface area is 213 Å². The first-order valence-corrected chi connectivity index (χ1v) is 11.1. The molecule has 0 saturated carbocycles. The van der Waals surface area contributed by atoms with Gasteiger partial charge in [-0.15, -0.1) is 0 Å². The van der Waals surface area contributed by atoms with Gasteiger partial charge in [0.15, 0.2) is 5.75 Å². The molecule has 1 fully saturated rings.